The van der Waals surface area contributed by atoms with Crippen LogP contribution in [0, 0.1) is 12.8 Å². The van der Waals surface area contributed by atoms with Gasteiger partial charge in [0.15, 0.2) is 0 Å². The summed E-state index contributed by atoms with van der Waals surface area (Å²) in [4.78, 5) is 8.62. The van der Waals surface area contributed by atoms with Crippen molar-refractivity contribution in [2.24, 2.45) is 5.92 Å². The van der Waals surface area contributed by atoms with Crippen molar-refractivity contribution < 1.29 is 5.11 Å². The van der Waals surface area contributed by atoms with Crippen LogP contribution in [0.5, 0.6) is 0 Å². The van der Waals surface area contributed by atoms with Crippen LogP contribution in [0.4, 0.5) is 11.8 Å². The fourth-order valence-corrected chi connectivity index (χ4v) is 1.97. The van der Waals surface area contributed by atoms with Crippen molar-refractivity contribution >= 4 is 11.8 Å². The molecule has 0 radical (unpaired) electrons. The number of anilines is 2. The van der Waals surface area contributed by atoms with Gasteiger partial charge in [0.2, 0.25) is 5.95 Å². The Balaban J connectivity index is 1.92. The summed E-state index contributed by atoms with van der Waals surface area (Å²) < 4.78 is 0. The summed E-state index contributed by atoms with van der Waals surface area (Å²) in [5.74, 6) is 2.12. The van der Waals surface area contributed by atoms with Crippen LogP contribution in [-0.4, -0.2) is 34.3 Å². The summed E-state index contributed by atoms with van der Waals surface area (Å²) in [6.45, 7) is 5.71. The topological polar surface area (TPSA) is 70.1 Å². The number of aryl methyl sites for hydroxylation is 1. The zero-order valence-corrected chi connectivity index (χ0v) is 10.4. The number of hydrogen-bond donors (Lipinski definition) is 3. The zero-order chi connectivity index (χ0) is 12.3. The molecule has 3 N–H and O–H groups in total. The predicted molar refractivity (Wildman–Crippen MR) is 68.2 cm³/mol. The lowest BCUT2D eigenvalue weighted by Crippen LogP contribution is -2.33. The number of aliphatic hydroxyl groups excluding tert-OH is 1. The first kappa shape index (κ1) is 12.1. The minimum absolute atomic E-state index is 0.0920. The molecular formula is C12H20N4O. The maximum Gasteiger partial charge on any atom is 0.224 e. The molecule has 0 bridgehead atoms. The molecule has 1 aliphatic carbocycles. The van der Waals surface area contributed by atoms with E-state index in [0.29, 0.717) is 11.9 Å². The van der Waals surface area contributed by atoms with Gasteiger partial charge in [-0.05, 0) is 32.6 Å². The summed E-state index contributed by atoms with van der Waals surface area (Å²) >= 11 is 0. The summed E-state index contributed by atoms with van der Waals surface area (Å²) in [7, 11) is 0. The molecule has 0 aromatic carbocycles. The fourth-order valence-electron chi connectivity index (χ4n) is 1.97. The van der Waals surface area contributed by atoms with E-state index in [4.69, 9.17) is 0 Å². The zero-order valence-electron chi connectivity index (χ0n) is 10.4. The average molecular weight is 236 g/mol. The van der Waals surface area contributed by atoms with E-state index in [2.05, 4.69) is 20.6 Å². The van der Waals surface area contributed by atoms with Gasteiger partial charge in [0.25, 0.3) is 0 Å². The first-order valence-corrected chi connectivity index (χ1v) is 6.18. The molecule has 1 heterocycles. The molecule has 1 aromatic rings. The maximum atomic E-state index is 9.22. The molecule has 17 heavy (non-hydrogen) atoms. The van der Waals surface area contributed by atoms with Gasteiger partial charge in [0, 0.05) is 24.8 Å². The number of aliphatic hydroxyl groups is 1. The number of nitrogens with one attached hydrogen (secondary N) is 2. The molecule has 0 unspecified atom stereocenters. The van der Waals surface area contributed by atoms with E-state index in [1.807, 2.05) is 20.0 Å². The Morgan fingerprint density at radius 3 is 2.82 bits per heavy atom. The van der Waals surface area contributed by atoms with Gasteiger partial charge in [-0.1, -0.05) is 0 Å². The third kappa shape index (κ3) is 3.06. The monoisotopic (exact) mass is 236 g/mol. The second-order valence-electron chi connectivity index (χ2n) is 4.63. The standard InChI is InChI=1S/C12H20N4O/c1-3-13-12-15-6-8(2)11(16-12)14-7-9-4-10(17)5-9/h6,9-10,17H,3-5,7H2,1-2H3,(H2,13,14,15,16). The predicted octanol–water partition coefficient (Wildman–Crippen LogP) is 1.40. The molecule has 1 saturated carbocycles. The Bertz CT molecular complexity index is 377. The average Bonchev–Trinajstić information content (AvgIpc) is 2.27. The molecule has 0 saturated heterocycles. The molecule has 1 aliphatic rings. The molecule has 0 atom stereocenters. The van der Waals surface area contributed by atoms with Crippen LogP contribution in [-0.2, 0) is 0 Å². The number of hydrogen-bond acceptors (Lipinski definition) is 5. The van der Waals surface area contributed by atoms with Crippen molar-refractivity contribution in [3.8, 4) is 0 Å². The smallest absolute Gasteiger partial charge is 0.224 e. The summed E-state index contributed by atoms with van der Waals surface area (Å²) in [5, 5.41) is 15.6. The van der Waals surface area contributed by atoms with Crippen LogP contribution in [0.25, 0.3) is 0 Å². The van der Waals surface area contributed by atoms with Crippen molar-refractivity contribution in [3.63, 3.8) is 0 Å². The lowest BCUT2D eigenvalue weighted by Gasteiger charge is -2.31. The van der Waals surface area contributed by atoms with Crippen molar-refractivity contribution in [2.45, 2.75) is 32.8 Å². The molecule has 0 aliphatic heterocycles. The summed E-state index contributed by atoms with van der Waals surface area (Å²) in [6.07, 6.45) is 3.53. The third-order valence-corrected chi connectivity index (χ3v) is 3.08. The van der Waals surface area contributed by atoms with Crippen molar-refractivity contribution in [1.82, 2.24) is 9.97 Å². The van der Waals surface area contributed by atoms with Crippen LogP contribution in [0.1, 0.15) is 25.3 Å². The minimum atomic E-state index is -0.0920. The molecular weight excluding hydrogens is 216 g/mol. The van der Waals surface area contributed by atoms with Gasteiger partial charge < -0.3 is 15.7 Å². The van der Waals surface area contributed by atoms with E-state index < -0.39 is 0 Å². The van der Waals surface area contributed by atoms with Crippen LogP contribution < -0.4 is 10.6 Å². The fraction of sp³-hybridized carbons (Fsp3) is 0.667. The molecule has 0 spiro atoms. The van der Waals surface area contributed by atoms with E-state index in [1.165, 1.54) is 0 Å². The second kappa shape index (κ2) is 5.31. The SMILES string of the molecule is CCNc1ncc(C)c(NCC2CC(O)C2)n1. The highest BCUT2D eigenvalue weighted by Gasteiger charge is 2.26. The van der Waals surface area contributed by atoms with Gasteiger partial charge in [-0.25, -0.2) is 4.98 Å². The Labute approximate surface area is 102 Å². The largest absolute Gasteiger partial charge is 0.393 e. The van der Waals surface area contributed by atoms with Gasteiger partial charge in [-0.15, -0.1) is 0 Å². The number of aromatic nitrogens is 2. The van der Waals surface area contributed by atoms with Crippen LogP contribution in [0.2, 0.25) is 0 Å². The maximum absolute atomic E-state index is 9.22. The highest BCUT2D eigenvalue weighted by atomic mass is 16.3. The molecule has 0 amide bonds. The van der Waals surface area contributed by atoms with Crippen LogP contribution in [0.15, 0.2) is 6.20 Å². The molecule has 5 heteroatoms. The Hall–Kier alpha value is -1.36. The molecule has 1 fully saturated rings. The lowest BCUT2D eigenvalue weighted by molar-refractivity contribution is 0.0486. The molecule has 5 nitrogen and oxygen atoms in total. The van der Waals surface area contributed by atoms with Crippen molar-refractivity contribution in [3.05, 3.63) is 11.8 Å². The third-order valence-electron chi connectivity index (χ3n) is 3.08. The molecule has 2 rings (SSSR count). The molecule has 94 valence electrons. The Morgan fingerprint density at radius 1 is 1.41 bits per heavy atom. The van der Waals surface area contributed by atoms with Crippen LogP contribution >= 0.6 is 0 Å². The summed E-state index contributed by atoms with van der Waals surface area (Å²) in [6, 6.07) is 0. The van der Waals surface area contributed by atoms with E-state index >= 15 is 0 Å². The number of rotatable bonds is 5. The normalized spacial score (nSPS) is 23.0. The van der Waals surface area contributed by atoms with E-state index in [1.54, 1.807) is 0 Å². The highest BCUT2D eigenvalue weighted by molar-refractivity contribution is 5.46. The van der Waals surface area contributed by atoms with Crippen LogP contribution in [0.3, 0.4) is 0 Å². The van der Waals surface area contributed by atoms with Gasteiger partial charge in [0.1, 0.15) is 5.82 Å². The summed E-state index contributed by atoms with van der Waals surface area (Å²) in [5.41, 5.74) is 1.05. The van der Waals surface area contributed by atoms with Gasteiger partial charge >= 0.3 is 0 Å². The van der Waals surface area contributed by atoms with E-state index in [0.717, 1.165) is 37.3 Å². The van der Waals surface area contributed by atoms with Crippen molar-refractivity contribution in [1.29, 1.82) is 0 Å². The quantitative estimate of drug-likeness (QED) is 0.721. The van der Waals surface area contributed by atoms with E-state index in [9.17, 15) is 5.11 Å². The second-order valence-corrected chi connectivity index (χ2v) is 4.63. The first-order valence-electron chi connectivity index (χ1n) is 6.18. The number of nitrogens with zero attached hydrogens (tertiary/aromatic N) is 2. The highest BCUT2D eigenvalue weighted by Crippen LogP contribution is 2.27. The Morgan fingerprint density at radius 2 is 2.18 bits per heavy atom. The van der Waals surface area contributed by atoms with Crippen molar-refractivity contribution in [2.75, 3.05) is 23.7 Å². The molecule has 1 aromatic heterocycles. The lowest BCUT2D eigenvalue weighted by atomic mass is 9.82. The first-order chi connectivity index (χ1) is 8.19. The van der Waals surface area contributed by atoms with E-state index in [-0.39, 0.29) is 6.10 Å². The van der Waals surface area contributed by atoms with Gasteiger partial charge in [0.05, 0.1) is 6.10 Å². The van der Waals surface area contributed by atoms with Gasteiger partial charge in [-0.2, -0.15) is 4.98 Å². The van der Waals surface area contributed by atoms with Gasteiger partial charge in [-0.3, -0.25) is 0 Å². The Kier molecular flexibility index (Phi) is 3.78. The minimum Gasteiger partial charge on any atom is -0.393 e.